The number of hydrogen-bond donors (Lipinski definition) is 0. The zero-order valence-electron chi connectivity index (χ0n) is 15.4. The predicted octanol–water partition coefficient (Wildman–Crippen LogP) is 5.78. The molecule has 0 N–H and O–H groups in total. The maximum atomic E-state index is 13.3. The number of rotatable bonds is 6. The molecular weight excluding hydrogens is 395 g/mol. The molecule has 3 aromatic carbocycles. The Balaban J connectivity index is 1.54. The van der Waals surface area contributed by atoms with Crippen LogP contribution in [0.3, 0.4) is 0 Å². The Morgan fingerprint density at radius 1 is 0.966 bits per heavy atom. The van der Waals surface area contributed by atoms with Crippen LogP contribution in [0.25, 0.3) is 22.8 Å². The topological polar surface area (TPSA) is 57.4 Å². The van der Waals surface area contributed by atoms with Gasteiger partial charge in [-0.2, -0.15) is 4.98 Å². The van der Waals surface area contributed by atoms with E-state index in [0.717, 1.165) is 11.1 Å². The molecule has 0 aliphatic heterocycles. The van der Waals surface area contributed by atoms with Gasteiger partial charge in [0.1, 0.15) is 12.4 Å². The minimum absolute atomic E-state index is 0.219. The van der Waals surface area contributed by atoms with E-state index in [4.69, 9.17) is 25.6 Å². The summed E-state index contributed by atoms with van der Waals surface area (Å²) < 4.78 is 29.9. The third-order valence-corrected chi connectivity index (χ3v) is 4.47. The first-order valence-electron chi connectivity index (χ1n) is 8.77. The van der Waals surface area contributed by atoms with E-state index in [9.17, 15) is 4.39 Å². The highest BCUT2D eigenvalue weighted by Gasteiger charge is 2.14. The van der Waals surface area contributed by atoms with Crippen LogP contribution in [-0.2, 0) is 6.61 Å². The summed E-state index contributed by atoms with van der Waals surface area (Å²) in [5, 5.41) is 4.67. The summed E-state index contributed by atoms with van der Waals surface area (Å²) in [5.41, 5.74) is 2.21. The van der Waals surface area contributed by atoms with Crippen LogP contribution in [0, 0.1) is 5.82 Å². The van der Waals surface area contributed by atoms with Crippen LogP contribution in [0.1, 0.15) is 5.56 Å². The van der Waals surface area contributed by atoms with Crippen molar-refractivity contribution in [3.63, 3.8) is 0 Å². The number of methoxy groups -OCH3 is 1. The fourth-order valence-corrected chi connectivity index (χ4v) is 2.89. The summed E-state index contributed by atoms with van der Waals surface area (Å²) in [7, 11) is 1.55. The molecule has 4 aromatic rings. The van der Waals surface area contributed by atoms with E-state index < -0.39 is 0 Å². The van der Waals surface area contributed by atoms with Crippen molar-refractivity contribution in [1.82, 2.24) is 10.1 Å². The molecule has 146 valence electrons. The lowest BCUT2D eigenvalue weighted by Crippen LogP contribution is -1.98. The Labute approximate surface area is 171 Å². The van der Waals surface area contributed by atoms with Gasteiger partial charge in [-0.1, -0.05) is 28.9 Å². The van der Waals surface area contributed by atoms with Crippen LogP contribution in [0.15, 0.2) is 71.3 Å². The van der Waals surface area contributed by atoms with Crippen LogP contribution >= 0.6 is 11.6 Å². The van der Waals surface area contributed by atoms with Gasteiger partial charge in [-0.15, -0.1) is 0 Å². The zero-order valence-corrected chi connectivity index (χ0v) is 16.2. The molecule has 1 heterocycles. The monoisotopic (exact) mass is 410 g/mol. The van der Waals surface area contributed by atoms with Gasteiger partial charge in [0.15, 0.2) is 11.5 Å². The molecular formula is C22H16ClFN2O3. The second-order valence-corrected chi connectivity index (χ2v) is 6.65. The van der Waals surface area contributed by atoms with Crippen molar-refractivity contribution in [3.05, 3.63) is 83.1 Å². The Hall–Kier alpha value is -3.38. The fraction of sp³-hybridized carbons (Fsp3) is 0.0909. The minimum Gasteiger partial charge on any atom is -0.493 e. The van der Waals surface area contributed by atoms with Gasteiger partial charge in [0.2, 0.25) is 5.82 Å². The molecule has 0 radical (unpaired) electrons. The van der Waals surface area contributed by atoms with Crippen molar-refractivity contribution < 1.29 is 18.4 Å². The van der Waals surface area contributed by atoms with Crippen molar-refractivity contribution in [2.75, 3.05) is 7.11 Å². The largest absolute Gasteiger partial charge is 0.493 e. The first-order valence-corrected chi connectivity index (χ1v) is 9.15. The van der Waals surface area contributed by atoms with E-state index in [1.165, 1.54) is 12.1 Å². The maximum absolute atomic E-state index is 13.3. The van der Waals surface area contributed by atoms with Crippen LogP contribution in [0.4, 0.5) is 4.39 Å². The van der Waals surface area contributed by atoms with Crippen molar-refractivity contribution in [3.8, 4) is 34.3 Å². The van der Waals surface area contributed by atoms with Gasteiger partial charge in [-0.3, -0.25) is 0 Å². The van der Waals surface area contributed by atoms with Crippen LogP contribution in [-0.4, -0.2) is 17.3 Å². The highest BCUT2D eigenvalue weighted by Crippen LogP contribution is 2.33. The molecule has 0 fully saturated rings. The molecule has 0 unspecified atom stereocenters. The first-order chi connectivity index (χ1) is 14.1. The van der Waals surface area contributed by atoms with Gasteiger partial charge < -0.3 is 14.0 Å². The molecule has 0 aliphatic carbocycles. The highest BCUT2D eigenvalue weighted by atomic mass is 35.5. The number of hydrogen-bond acceptors (Lipinski definition) is 5. The van der Waals surface area contributed by atoms with E-state index >= 15 is 0 Å². The van der Waals surface area contributed by atoms with Crippen LogP contribution < -0.4 is 9.47 Å². The fourth-order valence-electron chi connectivity index (χ4n) is 2.76. The molecule has 0 atom stereocenters. The molecule has 0 bridgehead atoms. The zero-order chi connectivity index (χ0) is 20.2. The third kappa shape index (κ3) is 4.38. The van der Waals surface area contributed by atoms with Crippen LogP contribution in [0.2, 0.25) is 5.02 Å². The van der Waals surface area contributed by atoms with Gasteiger partial charge in [-0.25, -0.2) is 4.39 Å². The van der Waals surface area contributed by atoms with E-state index in [-0.39, 0.29) is 12.4 Å². The van der Waals surface area contributed by atoms with E-state index in [0.29, 0.717) is 33.8 Å². The second-order valence-electron chi connectivity index (χ2n) is 6.21. The van der Waals surface area contributed by atoms with E-state index in [1.807, 2.05) is 12.1 Å². The first kappa shape index (κ1) is 19.0. The Bertz CT molecular complexity index is 1130. The van der Waals surface area contributed by atoms with Gasteiger partial charge >= 0.3 is 0 Å². The average Bonchev–Trinajstić information content (AvgIpc) is 3.23. The molecule has 7 heteroatoms. The minimum atomic E-state index is -0.304. The summed E-state index contributed by atoms with van der Waals surface area (Å²) in [6, 6.07) is 18.7. The molecule has 0 spiro atoms. The van der Waals surface area contributed by atoms with Crippen molar-refractivity contribution in [2.45, 2.75) is 6.61 Å². The average molecular weight is 411 g/mol. The third-order valence-electron chi connectivity index (χ3n) is 4.22. The lowest BCUT2D eigenvalue weighted by atomic mass is 10.2. The second kappa shape index (κ2) is 8.32. The molecule has 5 nitrogen and oxygen atoms in total. The van der Waals surface area contributed by atoms with Gasteiger partial charge in [0.25, 0.3) is 5.89 Å². The quantitative estimate of drug-likeness (QED) is 0.403. The lowest BCUT2D eigenvalue weighted by molar-refractivity contribution is 0.284. The summed E-state index contributed by atoms with van der Waals surface area (Å²) in [6.45, 7) is 0.219. The molecule has 4 rings (SSSR count). The Morgan fingerprint density at radius 3 is 2.52 bits per heavy atom. The summed E-state index contributed by atoms with van der Waals surface area (Å²) in [6.07, 6.45) is 0. The van der Waals surface area contributed by atoms with E-state index in [2.05, 4.69) is 10.1 Å². The SMILES string of the molecule is COc1cc(-c2noc(-c3ccc(Cl)cc3)n2)ccc1OCc1cccc(F)c1. The normalized spacial score (nSPS) is 10.7. The Kier molecular flexibility index (Phi) is 5.44. The van der Waals surface area contributed by atoms with Crippen molar-refractivity contribution in [1.29, 1.82) is 0 Å². The van der Waals surface area contributed by atoms with Crippen molar-refractivity contribution in [2.24, 2.45) is 0 Å². The lowest BCUT2D eigenvalue weighted by Gasteiger charge is -2.11. The van der Waals surface area contributed by atoms with E-state index in [1.54, 1.807) is 49.6 Å². The van der Waals surface area contributed by atoms with Gasteiger partial charge in [-0.05, 0) is 60.2 Å². The number of ether oxygens (including phenoxy) is 2. The molecule has 0 saturated carbocycles. The number of aromatic nitrogens is 2. The molecule has 1 aromatic heterocycles. The number of halogens is 2. The van der Waals surface area contributed by atoms with Crippen molar-refractivity contribution >= 4 is 11.6 Å². The summed E-state index contributed by atoms with van der Waals surface area (Å²) in [5.74, 6) is 1.55. The standard InChI is InChI=1S/C22H16ClFN2O3/c1-27-20-12-16(7-10-19(20)28-13-14-3-2-4-18(24)11-14)21-25-22(29-26-21)15-5-8-17(23)9-6-15/h2-12H,13H2,1H3. The molecule has 29 heavy (non-hydrogen) atoms. The number of benzene rings is 3. The maximum Gasteiger partial charge on any atom is 0.258 e. The van der Waals surface area contributed by atoms with Gasteiger partial charge in [0, 0.05) is 16.1 Å². The highest BCUT2D eigenvalue weighted by molar-refractivity contribution is 6.30. The predicted molar refractivity (Wildman–Crippen MR) is 107 cm³/mol. The molecule has 0 saturated heterocycles. The smallest absolute Gasteiger partial charge is 0.258 e. The summed E-state index contributed by atoms with van der Waals surface area (Å²) >= 11 is 5.91. The summed E-state index contributed by atoms with van der Waals surface area (Å²) in [4.78, 5) is 4.43. The van der Waals surface area contributed by atoms with Crippen LogP contribution in [0.5, 0.6) is 11.5 Å². The molecule has 0 aliphatic rings. The molecule has 0 amide bonds. The Morgan fingerprint density at radius 2 is 1.76 bits per heavy atom. The van der Waals surface area contributed by atoms with Gasteiger partial charge in [0.05, 0.1) is 7.11 Å². The number of nitrogens with zero attached hydrogens (tertiary/aromatic N) is 2.